The van der Waals surface area contributed by atoms with Crippen molar-refractivity contribution in [3.05, 3.63) is 70.0 Å². The second-order valence-electron chi connectivity index (χ2n) is 8.05. The first kappa shape index (κ1) is 21.2. The van der Waals surface area contributed by atoms with Crippen LogP contribution in [0.2, 0.25) is 5.02 Å². The number of ether oxygens (including phenoxy) is 1. The van der Waals surface area contributed by atoms with E-state index in [2.05, 4.69) is 4.90 Å². The van der Waals surface area contributed by atoms with Gasteiger partial charge in [-0.05, 0) is 55.9 Å². The Morgan fingerprint density at radius 1 is 1.19 bits per heavy atom. The van der Waals surface area contributed by atoms with E-state index in [1.807, 2.05) is 58.8 Å². The van der Waals surface area contributed by atoms with Gasteiger partial charge in [0, 0.05) is 19.5 Å². The minimum atomic E-state index is 0.261. The summed E-state index contributed by atoms with van der Waals surface area (Å²) in [7, 11) is 1.91. The Labute approximate surface area is 196 Å². The fourth-order valence-corrected chi connectivity index (χ4v) is 4.49. The number of rotatable bonds is 6. The average molecular weight is 470 g/mol. The van der Waals surface area contributed by atoms with Crippen molar-refractivity contribution < 1.29 is 9.15 Å². The number of oxazole rings is 1. The Bertz CT molecular complexity index is 1260. The number of nitrogens with zero attached hydrogens (tertiary/aromatic N) is 5. The van der Waals surface area contributed by atoms with Gasteiger partial charge in [-0.25, -0.2) is 9.67 Å². The summed E-state index contributed by atoms with van der Waals surface area (Å²) >= 11 is 11.8. The smallest absolute Gasteiger partial charge is 0.199 e. The average Bonchev–Trinajstić information content (AvgIpc) is 3.36. The van der Waals surface area contributed by atoms with E-state index in [-0.39, 0.29) is 5.92 Å². The van der Waals surface area contributed by atoms with Gasteiger partial charge in [0.2, 0.25) is 0 Å². The number of hydrogen-bond donors (Lipinski definition) is 0. The molecule has 9 heteroatoms. The standard InChI is InChI=1S/C23H24ClN5O2S/c1-27-21(14-30-19-10-4-2-8-17(19)24)26-29(23(27)32)15-28-12-6-7-16(13-28)22-25-18-9-3-5-11-20(18)31-22/h2-5,8-11,16H,6-7,12-15H2,1H3. The van der Waals surface area contributed by atoms with Gasteiger partial charge < -0.3 is 13.7 Å². The minimum absolute atomic E-state index is 0.261. The van der Waals surface area contributed by atoms with Crippen molar-refractivity contribution in [2.45, 2.75) is 32.0 Å². The summed E-state index contributed by atoms with van der Waals surface area (Å²) in [5, 5.41) is 5.28. The van der Waals surface area contributed by atoms with E-state index in [1.165, 1.54) is 0 Å². The van der Waals surface area contributed by atoms with Crippen molar-refractivity contribution in [3.63, 3.8) is 0 Å². The van der Waals surface area contributed by atoms with Gasteiger partial charge in [0.15, 0.2) is 22.1 Å². The molecule has 1 aliphatic rings. The molecular weight excluding hydrogens is 446 g/mol. The van der Waals surface area contributed by atoms with Crippen LogP contribution in [0.1, 0.15) is 30.5 Å². The van der Waals surface area contributed by atoms with Crippen molar-refractivity contribution in [3.8, 4) is 5.75 Å². The van der Waals surface area contributed by atoms with E-state index in [1.54, 1.807) is 6.07 Å². The zero-order valence-electron chi connectivity index (χ0n) is 17.8. The molecule has 0 amide bonds. The summed E-state index contributed by atoms with van der Waals surface area (Å²) in [5.74, 6) is 2.46. The van der Waals surface area contributed by atoms with E-state index < -0.39 is 0 Å². The number of hydrogen-bond acceptors (Lipinski definition) is 6. The van der Waals surface area contributed by atoms with E-state index in [4.69, 9.17) is 43.1 Å². The topological polar surface area (TPSA) is 61.2 Å². The molecule has 1 fully saturated rings. The summed E-state index contributed by atoms with van der Waals surface area (Å²) in [6.07, 6.45) is 2.14. The SMILES string of the molecule is Cn1c(COc2ccccc2Cl)nn(CN2CCCC(c3nc4ccccc4o3)C2)c1=S. The van der Waals surface area contributed by atoms with Gasteiger partial charge in [-0.15, -0.1) is 0 Å². The highest BCUT2D eigenvalue weighted by Gasteiger charge is 2.26. The van der Waals surface area contributed by atoms with E-state index in [9.17, 15) is 0 Å². The molecule has 3 heterocycles. The molecule has 2 aromatic carbocycles. The van der Waals surface area contributed by atoms with Gasteiger partial charge in [-0.1, -0.05) is 35.9 Å². The number of likely N-dealkylation sites (tertiary alicyclic amines) is 1. The van der Waals surface area contributed by atoms with Crippen LogP contribution >= 0.6 is 23.8 Å². The van der Waals surface area contributed by atoms with Crippen LogP contribution in [0.4, 0.5) is 0 Å². The zero-order chi connectivity index (χ0) is 22.1. The van der Waals surface area contributed by atoms with Gasteiger partial charge in [0.05, 0.1) is 11.7 Å². The van der Waals surface area contributed by atoms with Crippen LogP contribution in [-0.2, 0) is 20.3 Å². The summed E-state index contributed by atoms with van der Waals surface area (Å²) in [6.45, 7) is 2.76. The molecule has 0 N–H and O–H groups in total. The Morgan fingerprint density at radius 3 is 2.84 bits per heavy atom. The molecule has 0 saturated carbocycles. The molecule has 1 saturated heterocycles. The predicted octanol–water partition coefficient (Wildman–Crippen LogP) is 5.16. The first-order valence-corrected chi connectivity index (χ1v) is 11.4. The maximum atomic E-state index is 6.19. The van der Waals surface area contributed by atoms with Crippen LogP contribution in [0.5, 0.6) is 5.75 Å². The molecule has 7 nitrogen and oxygen atoms in total. The molecule has 32 heavy (non-hydrogen) atoms. The summed E-state index contributed by atoms with van der Waals surface area (Å²) in [6, 6.07) is 15.3. The minimum Gasteiger partial charge on any atom is -0.484 e. The highest BCUT2D eigenvalue weighted by atomic mass is 35.5. The molecule has 1 unspecified atom stereocenters. The largest absolute Gasteiger partial charge is 0.484 e. The summed E-state index contributed by atoms with van der Waals surface area (Å²) in [5.41, 5.74) is 1.75. The van der Waals surface area contributed by atoms with Crippen LogP contribution < -0.4 is 4.74 Å². The molecule has 5 rings (SSSR count). The quantitative estimate of drug-likeness (QED) is 0.363. The lowest BCUT2D eigenvalue weighted by molar-refractivity contribution is 0.147. The zero-order valence-corrected chi connectivity index (χ0v) is 19.3. The molecule has 1 aliphatic heterocycles. The number of halogens is 1. The Morgan fingerprint density at radius 2 is 2.00 bits per heavy atom. The van der Waals surface area contributed by atoms with Crippen molar-refractivity contribution in [2.24, 2.45) is 7.05 Å². The van der Waals surface area contributed by atoms with E-state index in [0.29, 0.717) is 28.8 Å². The molecule has 0 radical (unpaired) electrons. The maximum absolute atomic E-state index is 6.19. The normalized spacial score (nSPS) is 17.1. The first-order chi connectivity index (χ1) is 15.6. The Balaban J connectivity index is 1.28. The van der Waals surface area contributed by atoms with Gasteiger partial charge in [0.25, 0.3) is 0 Å². The lowest BCUT2D eigenvalue weighted by atomic mass is 9.98. The van der Waals surface area contributed by atoms with Crippen LogP contribution in [0.25, 0.3) is 11.1 Å². The monoisotopic (exact) mass is 469 g/mol. The number of fused-ring (bicyclic) bond motifs is 1. The number of para-hydroxylation sites is 3. The number of benzene rings is 2. The van der Waals surface area contributed by atoms with Gasteiger partial charge in [-0.3, -0.25) is 4.90 Å². The first-order valence-electron chi connectivity index (χ1n) is 10.7. The molecule has 166 valence electrons. The molecule has 0 spiro atoms. The fraction of sp³-hybridized carbons (Fsp3) is 0.348. The lowest BCUT2D eigenvalue weighted by Gasteiger charge is -2.30. The van der Waals surface area contributed by atoms with Crippen LogP contribution in [0.15, 0.2) is 52.9 Å². The van der Waals surface area contributed by atoms with Gasteiger partial charge >= 0.3 is 0 Å². The molecule has 0 aliphatic carbocycles. The van der Waals surface area contributed by atoms with Crippen molar-refractivity contribution in [1.29, 1.82) is 0 Å². The third kappa shape index (κ3) is 4.30. The van der Waals surface area contributed by atoms with Crippen LogP contribution in [-0.4, -0.2) is 37.3 Å². The second kappa shape index (κ2) is 9.05. The number of aromatic nitrogens is 4. The Hall–Kier alpha value is -2.68. The van der Waals surface area contributed by atoms with Crippen molar-refractivity contribution in [2.75, 3.05) is 13.1 Å². The van der Waals surface area contributed by atoms with Gasteiger partial charge in [0.1, 0.15) is 17.9 Å². The van der Waals surface area contributed by atoms with E-state index >= 15 is 0 Å². The second-order valence-corrected chi connectivity index (χ2v) is 8.83. The third-order valence-electron chi connectivity index (χ3n) is 5.82. The highest BCUT2D eigenvalue weighted by molar-refractivity contribution is 7.71. The van der Waals surface area contributed by atoms with Crippen molar-refractivity contribution >= 4 is 34.9 Å². The molecule has 0 bridgehead atoms. The molecule has 1 atom stereocenters. The molecule has 2 aromatic heterocycles. The highest BCUT2D eigenvalue weighted by Crippen LogP contribution is 2.29. The molecular formula is C23H24ClN5O2S. The Kier molecular flexibility index (Phi) is 5.99. The maximum Gasteiger partial charge on any atom is 0.199 e. The number of piperidine rings is 1. The van der Waals surface area contributed by atoms with E-state index in [0.717, 1.165) is 48.7 Å². The fourth-order valence-electron chi connectivity index (χ4n) is 4.09. The lowest BCUT2D eigenvalue weighted by Crippen LogP contribution is -2.36. The molecule has 4 aromatic rings. The third-order valence-corrected chi connectivity index (χ3v) is 6.62. The van der Waals surface area contributed by atoms with Gasteiger partial charge in [-0.2, -0.15) is 5.10 Å². The van der Waals surface area contributed by atoms with Crippen molar-refractivity contribution in [1.82, 2.24) is 24.2 Å². The summed E-state index contributed by atoms with van der Waals surface area (Å²) < 4.78 is 16.3. The van der Waals surface area contributed by atoms with Crippen LogP contribution in [0.3, 0.4) is 0 Å². The van der Waals surface area contributed by atoms with Crippen LogP contribution in [0, 0.1) is 4.77 Å². The predicted molar refractivity (Wildman–Crippen MR) is 125 cm³/mol. The summed E-state index contributed by atoms with van der Waals surface area (Å²) in [4.78, 5) is 7.06.